The Morgan fingerprint density at radius 2 is 1.75 bits per heavy atom. The van der Waals surface area contributed by atoms with Crippen LogP contribution < -0.4 is 0 Å². The van der Waals surface area contributed by atoms with Crippen LogP contribution in [0.25, 0.3) is 0 Å². The van der Waals surface area contributed by atoms with Gasteiger partial charge >= 0.3 is 0 Å². The van der Waals surface area contributed by atoms with Gasteiger partial charge in [-0.2, -0.15) is 0 Å². The molecule has 1 saturated carbocycles. The monoisotopic (exact) mass is 227 g/mol. The molecule has 0 aliphatic heterocycles. The van der Waals surface area contributed by atoms with Gasteiger partial charge in [0.05, 0.1) is 6.10 Å². The fourth-order valence-corrected chi connectivity index (χ4v) is 2.87. The van der Waals surface area contributed by atoms with E-state index < -0.39 is 0 Å². The Morgan fingerprint density at radius 3 is 2.19 bits per heavy atom. The van der Waals surface area contributed by atoms with Gasteiger partial charge in [-0.3, -0.25) is 4.90 Å². The molecule has 1 rings (SSSR count). The van der Waals surface area contributed by atoms with Crippen molar-refractivity contribution in [3.05, 3.63) is 0 Å². The highest BCUT2D eigenvalue weighted by Crippen LogP contribution is 2.35. The first-order valence-electron chi connectivity index (χ1n) is 6.64. The molecule has 0 radical (unpaired) electrons. The first kappa shape index (κ1) is 14.0. The lowest BCUT2D eigenvalue weighted by Gasteiger charge is -2.47. The standard InChI is InChI=1S/C14H29NO/c1-10(2)12-8-7-11(16)9-13(12)15(6)14(3,4)5/h10-13,16H,7-9H2,1-6H3. The SMILES string of the molecule is CC(C)C1CCC(O)CC1N(C)C(C)(C)C. The molecule has 0 spiro atoms. The number of aliphatic hydroxyl groups excluding tert-OH is 1. The Kier molecular flexibility index (Phi) is 4.42. The molecule has 0 aromatic heterocycles. The first-order chi connectivity index (χ1) is 7.23. The minimum absolute atomic E-state index is 0.0928. The lowest BCUT2D eigenvalue weighted by molar-refractivity contribution is -0.0119. The van der Waals surface area contributed by atoms with Crippen LogP contribution in [0.5, 0.6) is 0 Å². The molecule has 0 bridgehead atoms. The molecular formula is C14H29NO. The number of hydrogen-bond acceptors (Lipinski definition) is 2. The van der Waals surface area contributed by atoms with E-state index in [1.165, 1.54) is 6.42 Å². The van der Waals surface area contributed by atoms with E-state index in [0.717, 1.165) is 18.8 Å². The predicted molar refractivity (Wildman–Crippen MR) is 69.5 cm³/mol. The fraction of sp³-hybridized carbons (Fsp3) is 1.00. The summed E-state index contributed by atoms with van der Waals surface area (Å²) in [6.07, 6.45) is 3.00. The first-order valence-corrected chi connectivity index (χ1v) is 6.64. The Labute approximate surface area is 101 Å². The molecule has 0 heterocycles. The molecule has 96 valence electrons. The zero-order valence-electron chi connectivity index (χ0n) is 11.8. The smallest absolute Gasteiger partial charge is 0.0555 e. The molecule has 1 fully saturated rings. The van der Waals surface area contributed by atoms with Gasteiger partial charge in [0.25, 0.3) is 0 Å². The maximum atomic E-state index is 9.87. The zero-order chi connectivity index (χ0) is 12.5. The topological polar surface area (TPSA) is 23.5 Å². The average Bonchev–Trinajstić information content (AvgIpc) is 2.14. The third kappa shape index (κ3) is 3.21. The molecule has 0 aromatic carbocycles. The molecule has 0 aromatic rings. The van der Waals surface area contributed by atoms with Crippen LogP contribution in [-0.2, 0) is 0 Å². The largest absolute Gasteiger partial charge is 0.393 e. The molecule has 3 unspecified atom stereocenters. The van der Waals surface area contributed by atoms with Crippen molar-refractivity contribution in [2.45, 2.75) is 71.6 Å². The van der Waals surface area contributed by atoms with Gasteiger partial charge in [0, 0.05) is 11.6 Å². The van der Waals surface area contributed by atoms with Crippen LogP contribution in [0.15, 0.2) is 0 Å². The van der Waals surface area contributed by atoms with Gasteiger partial charge in [-0.1, -0.05) is 13.8 Å². The zero-order valence-corrected chi connectivity index (χ0v) is 11.8. The van der Waals surface area contributed by atoms with E-state index in [4.69, 9.17) is 0 Å². The van der Waals surface area contributed by atoms with Crippen molar-refractivity contribution >= 4 is 0 Å². The van der Waals surface area contributed by atoms with Crippen molar-refractivity contribution in [1.82, 2.24) is 4.90 Å². The predicted octanol–water partition coefficient (Wildman–Crippen LogP) is 2.90. The maximum Gasteiger partial charge on any atom is 0.0555 e. The number of aliphatic hydroxyl groups is 1. The quantitative estimate of drug-likeness (QED) is 0.784. The van der Waals surface area contributed by atoms with Crippen molar-refractivity contribution in [1.29, 1.82) is 0 Å². The highest BCUT2D eigenvalue weighted by atomic mass is 16.3. The Hall–Kier alpha value is -0.0800. The highest BCUT2D eigenvalue weighted by Gasteiger charge is 2.37. The molecule has 2 nitrogen and oxygen atoms in total. The lowest BCUT2D eigenvalue weighted by atomic mass is 9.75. The summed E-state index contributed by atoms with van der Waals surface area (Å²) in [5.74, 6) is 1.44. The van der Waals surface area contributed by atoms with Gasteiger partial charge in [-0.25, -0.2) is 0 Å². The van der Waals surface area contributed by atoms with Crippen LogP contribution in [0.4, 0.5) is 0 Å². The molecule has 1 aliphatic rings. The molecule has 16 heavy (non-hydrogen) atoms. The summed E-state index contributed by atoms with van der Waals surface area (Å²) in [4.78, 5) is 2.46. The van der Waals surface area contributed by atoms with E-state index in [1.54, 1.807) is 0 Å². The van der Waals surface area contributed by atoms with Crippen molar-refractivity contribution in [3.63, 3.8) is 0 Å². The van der Waals surface area contributed by atoms with Crippen LogP contribution in [-0.4, -0.2) is 34.7 Å². The second-order valence-electron chi connectivity index (χ2n) is 6.72. The van der Waals surface area contributed by atoms with Crippen LogP contribution in [0, 0.1) is 11.8 Å². The fourth-order valence-electron chi connectivity index (χ4n) is 2.87. The van der Waals surface area contributed by atoms with Crippen molar-refractivity contribution in [2.24, 2.45) is 11.8 Å². The van der Waals surface area contributed by atoms with Crippen LogP contribution in [0.2, 0.25) is 0 Å². The van der Waals surface area contributed by atoms with E-state index in [1.807, 2.05) is 0 Å². The Balaban J connectivity index is 2.79. The number of nitrogens with zero attached hydrogens (tertiary/aromatic N) is 1. The molecule has 0 saturated heterocycles. The Bertz CT molecular complexity index is 217. The number of rotatable bonds is 2. The highest BCUT2D eigenvalue weighted by molar-refractivity contribution is 4.91. The summed E-state index contributed by atoms with van der Waals surface area (Å²) in [7, 11) is 2.21. The van der Waals surface area contributed by atoms with Crippen molar-refractivity contribution in [2.75, 3.05) is 7.05 Å². The van der Waals surface area contributed by atoms with Crippen molar-refractivity contribution in [3.8, 4) is 0 Å². The van der Waals surface area contributed by atoms with Gasteiger partial charge in [0.2, 0.25) is 0 Å². The van der Waals surface area contributed by atoms with E-state index in [9.17, 15) is 5.11 Å². The Morgan fingerprint density at radius 1 is 1.19 bits per heavy atom. The van der Waals surface area contributed by atoms with Crippen LogP contribution in [0.1, 0.15) is 53.9 Å². The molecule has 3 atom stereocenters. The second-order valence-corrected chi connectivity index (χ2v) is 6.72. The second kappa shape index (κ2) is 5.05. The van der Waals surface area contributed by atoms with Gasteiger partial charge in [-0.05, 0) is 58.9 Å². The minimum atomic E-state index is -0.0928. The van der Waals surface area contributed by atoms with Crippen molar-refractivity contribution < 1.29 is 5.11 Å². The summed E-state index contributed by atoms with van der Waals surface area (Å²) >= 11 is 0. The summed E-state index contributed by atoms with van der Waals surface area (Å²) in [5, 5.41) is 9.87. The normalized spacial score (nSPS) is 32.4. The summed E-state index contributed by atoms with van der Waals surface area (Å²) < 4.78 is 0. The number of hydrogen-bond donors (Lipinski definition) is 1. The molecule has 1 N–H and O–H groups in total. The molecule has 1 aliphatic carbocycles. The maximum absolute atomic E-state index is 9.87. The molecule has 0 amide bonds. The van der Waals surface area contributed by atoms with Gasteiger partial charge in [0.1, 0.15) is 0 Å². The van der Waals surface area contributed by atoms with E-state index in [0.29, 0.717) is 12.0 Å². The third-order valence-electron chi connectivity index (χ3n) is 4.25. The van der Waals surface area contributed by atoms with Gasteiger partial charge in [-0.15, -0.1) is 0 Å². The van der Waals surface area contributed by atoms with Gasteiger partial charge in [0.15, 0.2) is 0 Å². The summed E-state index contributed by atoms with van der Waals surface area (Å²) in [6.45, 7) is 11.4. The van der Waals surface area contributed by atoms with E-state index >= 15 is 0 Å². The van der Waals surface area contributed by atoms with Gasteiger partial charge < -0.3 is 5.11 Å². The molecule has 2 heteroatoms. The summed E-state index contributed by atoms with van der Waals surface area (Å²) in [5.41, 5.74) is 0.189. The van der Waals surface area contributed by atoms with E-state index in [-0.39, 0.29) is 11.6 Å². The molecular weight excluding hydrogens is 198 g/mol. The lowest BCUT2D eigenvalue weighted by Crippen LogP contribution is -2.52. The van der Waals surface area contributed by atoms with E-state index in [2.05, 4.69) is 46.6 Å². The van der Waals surface area contributed by atoms with Crippen LogP contribution in [0.3, 0.4) is 0 Å². The third-order valence-corrected chi connectivity index (χ3v) is 4.25. The minimum Gasteiger partial charge on any atom is -0.393 e. The average molecular weight is 227 g/mol. The summed E-state index contributed by atoms with van der Waals surface area (Å²) in [6, 6.07) is 0.531. The van der Waals surface area contributed by atoms with Crippen LogP contribution >= 0.6 is 0 Å².